The number of hydrogen-bond acceptors (Lipinski definition) is 3. The van der Waals surface area contributed by atoms with Crippen LogP contribution in [-0.4, -0.2) is 22.4 Å². The minimum absolute atomic E-state index is 0.118. The highest BCUT2D eigenvalue weighted by Crippen LogP contribution is 1.98. The first-order valence-corrected chi connectivity index (χ1v) is 2.54. The minimum atomic E-state index is -0.657. The fraction of sp³-hybridized carbons (Fsp3) is 0. The molecule has 1 aromatic rings. The molecule has 5 nitrogen and oxygen atoms in total. The maximum absolute atomic E-state index is 10.4. The minimum Gasteiger partial charge on any atom is -0.365 e. The lowest BCUT2D eigenvalue weighted by molar-refractivity contribution is 0.0993. The van der Waals surface area contributed by atoms with Gasteiger partial charge in [-0.15, -0.1) is 0 Å². The molecule has 1 aromatic heterocycles. The average Bonchev–Trinajstić information content (AvgIpc) is 2.33. The second kappa shape index (κ2) is 2.30. The first kappa shape index (κ1) is 6.47. The van der Waals surface area contributed by atoms with Crippen molar-refractivity contribution < 1.29 is 9.59 Å². The Labute approximate surface area is 56.2 Å². The number of carbonyl (C=O) groups is 2. The van der Waals surface area contributed by atoms with Crippen molar-refractivity contribution in [2.24, 2.45) is 5.73 Å². The maximum Gasteiger partial charge on any atom is 0.252 e. The van der Waals surface area contributed by atoms with Crippen LogP contribution in [-0.2, 0) is 0 Å². The highest BCUT2D eigenvalue weighted by Gasteiger charge is 2.07. The van der Waals surface area contributed by atoms with E-state index < -0.39 is 5.91 Å². The van der Waals surface area contributed by atoms with Gasteiger partial charge in [0.1, 0.15) is 5.69 Å². The van der Waals surface area contributed by atoms with Crippen molar-refractivity contribution in [3.8, 4) is 0 Å². The van der Waals surface area contributed by atoms with E-state index in [0.717, 1.165) is 0 Å². The predicted octanol–water partition coefficient (Wildman–Crippen LogP) is -0.679. The summed E-state index contributed by atoms with van der Waals surface area (Å²) in [5, 5.41) is 5.78. The van der Waals surface area contributed by atoms with Gasteiger partial charge < -0.3 is 5.73 Å². The second-order valence-corrected chi connectivity index (χ2v) is 1.68. The Kier molecular flexibility index (Phi) is 1.49. The van der Waals surface area contributed by atoms with Crippen LogP contribution in [0.25, 0.3) is 0 Å². The molecule has 3 N–H and O–H groups in total. The Morgan fingerprint density at radius 2 is 2.50 bits per heavy atom. The van der Waals surface area contributed by atoms with Crippen LogP contribution in [0.4, 0.5) is 0 Å². The van der Waals surface area contributed by atoms with E-state index in [2.05, 4.69) is 10.2 Å². The first-order chi connectivity index (χ1) is 4.75. The molecule has 0 saturated heterocycles. The summed E-state index contributed by atoms with van der Waals surface area (Å²) < 4.78 is 0. The van der Waals surface area contributed by atoms with Crippen LogP contribution in [0.3, 0.4) is 0 Å². The standard InChI is InChI=1S/C5H5N3O2/c6-5(10)3-1-7-8-4(3)2-9/h1-2H,(H2,6,10)(H,7,8). The van der Waals surface area contributed by atoms with Crippen LogP contribution in [0, 0.1) is 0 Å². The van der Waals surface area contributed by atoms with Crippen molar-refractivity contribution in [2.45, 2.75) is 0 Å². The number of nitrogens with zero attached hydrogens (tertiary/aromatic N) is 1. The van der Waals surface area contributed by atoms with Crippen LogP contribution in [0.5, 0.6) is 0 Å². The molecule has 0 spiro atoms. The normalized spacial score (nSPS) is 9.20. The van der Waals surface area contributed by atoms with Gasteiger partial charge in [-0.1, -0.05) is 0 Å². The molecular weight excluding hydrogens is 134 g/mol. The van der Waals surface area contributed by atoms with Crippen molar-refractivity contribution in [2.75, 3.05) is 0 Å². The number of nitrogens with two attached hydrogens (primary N) is 1. The van der Waals surface area contributed by atoms with Crippen molar-refractivity contribution in [3.05, 3.63) is 17.5 Å². The summed E-state index contributed by atoms with van der Waals surface area (Å²) in [6.07, 6.45) is 1.71. The van der Waals surface area contributed by atoms with Gasteiger partial charge in [-0.2, -0.15) is 5.10 Å². The van der Waals surface area contributed by atoms with Gasteiger partial charge in [0.25, 0.3) is 5.91 Å². The smallest absolute Gasteiger partial charge is 0.252 e. The quantitative estimate of drug-likeness (QED) is 0.532. The summed E-state index contributed by atoms with van der Waals surface area (Å²) in [5.41, 5.74) is 5.12. The molecule has 0 bridgehead atoms. The van der Waals surface area contributed by atoms with E-state index in [9.17, 15) is 9.59 Å². The first-order valence-electron chi connectivity index (χ1n) is 2.54. The lowest BCUT2D eigenvalue weighted by Crippen LogP contribution is -2.11. The fourth-order valence-corrected chi connectivity index (χ4v) is 0.582. The molecule has 1 heterocycles. The van der Waals surface area contributed by atoms with E-state index in [1.165, 1.54) is 6.20 Å². The van der Waals surface area contributed by atoms with E-state index in [0.29, 0.717) is 6.29 Å². The number of aldehydes is 1. The molecule has 5 heteroatoms. The summed E-state index contributed by atoms with van der Waals surface area (Å²) in [5.74, 6) is -0.657. The molecule has 0 atom stereocenters. The molecule has 0 fully saturated rings. The Bertz CT molecular complexity index is 266. The monoisotopic (exact) mass is 139 g/mol. The summed E-state index contributed by atoms with van der Waals surface area (Å²) in [7, 11) is 0. The number of rotatable bonds is 2. The highest BCUT2D eigenvalue weighted by atomic mass is 16.1. The zero-order valence-corrected chi connectivity index (χ0v) is 5.00. The Hall–Kier alpha value is -1.65. The summed E-state index contributed by atoms with van der Waals surface area (Å²) in [4.78, 5) is 20.6. The average molecular weight is 139 g/mol. The van der Waals surface area contributed by atoms with Crippen molar-refractivity contribution >= 4 is 12.2 Å². The summed E-state index contributed by atoms with van der Waals surface area (Å²) >= 11 is 0. The van der Waals surface area contributed by atoms with Gasteiger partial charge in [0.15, 0.2) is 6.29 Å². The van der Waals surface area contributed by atoms with E-state index in [1.54, 1.807) is 0 Å². The van der Waals surface area contributed by atoms with Crippen LogP contribution >= 0.6 is 0 Å². The van der Waals surface area contributed by atoms with Crippen LogP contribution in [0.15, 0.2) is 6.20 Å². The van der Waals surface area contributed by atoms with Gasteiger partial charge in [-0.25, -0.2) is 0 Å². The van der Waals surface area contributed by atoms with Crippen molar-refractivity contribution in [1.82, 2.24) is 10.2 Å². The summed E-state index contributed by atoms with van der Waals surface area (Å²) in [6.45, 7) is 0. The molecule has 0 aromatic carbocycles. The molecule has 1 rings (SSSR count). The number of nitrogens with one attached hydrogen (secondary N) is 1. The zero-order chi connectivity index (χ0) is 7.56. The largest absolute Gasteiger partial charge is 0.365 e. The van der Waals surface area contributed by atoms with Crippen LogP contribution in [0.2, 0.25) is 0 Å². The highest BCUT2D eigenvalue weighted by molar-refractivity contribution is 5.99. The molecular formula is C5H5N3O2. The molecule has 10 heavy (non-hydrogen) atoms. The van der Waals surface area contributed by atoms with Crippen LogP contribution in [0.1, 0.15) is 20.8 Å². The van der Waals surface area contributed by atoms with Crippen molar-refractivity contribution in [1.29, 1.82) is 0 Å². The van der Waals surface area contributed by atoms with Crippen molar-refractivity contribution in [3.63, 3.8) is 0 Å². The predicted molar refractivity (Wildman–Crippen MR) is 32.5 cm³/mol. The second-order valence-electron chi connectivity index (χ2n) is 1.68. The number of carbonyl (C=O) groups excluding carboxylic acids is 2. The van der Waals surface area contributed by atoms with Gasteiger partial charge in [0.05, 0.1) is 11.8 Å². The maximum atomic E-state index is 10.4. The molecule has 0 aliphatic carbocycles. The lowest BCUT2D eigenvalue weighted by atomic mass is 10.2. The molecule has 1 amide bonds. The Morgan fingerprint density at radius 3 is 2.90 bits per heavy atom. The van der Waals surface area contributed by atoms with E-state index in [-0.39, 0.29) is 11.3 Å². The molecule has 52 valence electrons. The van der Waals surface area contributed by atoms with E-state index >= 15 is 0 Å². The fourth-order valence-electron chi connectivity index (χ4n) is 0.582. The molecule has 0 unspecified atom stereocenters. The Balaban J connectivity index is 3.13. The van der Waals surface area contributed by atoms with Gasteiger partial charge in [0.2, 0.25) is 0 Å². The number of aromatic amines is 1. The third-order valence-corrected chi connectivity index (χ3v) is 1.05. The topological polar surface area (TPSA) is 88.8 Å². The SMILES string of the molecule is NC(=O)c1cn[nH]c1C=O. The van der Waals surface area contributed by atoms with Gasteiger partial charge >= 0.3 is 0 Å². The van der Waals surface area contributed by atoms with Crippen LogP contribution < -0.4 is 5.73 Å². The molecule has 0 radical (unpaired) electrons. The molecule has 0 aliphatic heterocycles. The number of amides is 1. The zero-order valence-electron chi connectivity index (χ0n) is 5.00. The van der Waals surface area contributed by atoms with Gasteiger partial charge in [0, 0.05) is 0 Å². The number of aromatic nitrogens is 2. The number of primary amides is 1. The van der Waals surface area contributed by atoms with E-state index in [4.69, 9.17) is 5.73 Å². The van der Waals surface area contributed by atoms with Gasteiger partial charge in [-0.3, -0.25) is 14.7 Å². The third kappa shape index (κ3) is 0.883. The lowest BCUT2D eigenvalue weighted by Gasteiger charge is -1.85. The number of H-pyrrole nitrogens is 1. The Morgan fingerprint density at radius 1 is 1.80 bits per heavy atom. The molecule has 0 aliphatic rings. The summed E-state index contributed by atoms with van der Waals surface area (Å²) in [6, 6.07) is 0. The van der Waals surface area contributed by atoms with E-state index in [1.807, 2.05) is 0 Å². The molecule has 0 saturated carbocycles. The third-order valence-electron chi connectivity index (χ3n) is 1.05. The van der Waals surface area contributed by atoms with Gasteiger partial charge in [-0.05, 0) is 0 Å². The number of hydrogen-bond donors (Lipinski definition) is 2.